The van der Waals surface area contributed by atoms with Gasteiger partial charge in [0.05, 0.1) is 13.2 Å². The van der Waals surface area contributed by atoms with Crippen molar-refractivity contribution in [2.75, 3.05) is 25.6 Å². The molecule has 0 saturated carbocycles. The molecule has 1 heterocycles. The van der Waals surface area contributed by atoms with Crippen LogP contribution in [0, 0.1) is 0 Å². The van der Waals surface area contributed by atoms with Crippen LogP contribution in [-0.4, -0.2) is 41.9 Å². The second kappa shape index (κ2) is 6.31. The second-order valence-corrected chi connectivity index (χ2v) is 4.28. The van der Waals surface area contributed by atoms with E-state index < -0.39 is 11.4 Å². The van der Waals surface area contributed by atoms with Crippen molar-refractivity contribution in [3.63, 3.8) is 0 Å². The number of carbonyl (C=O) groups is 1. The molecule has 0 saturated heterocycles. The van der Waals surface area contributed by atoms with Crippen molar-refractivity contribution in [1.82, 2.24) is 15.5 Å². The zero-order chi connectivity index (χ0) is 13.6. The minimum atomic E-state index is -0.937. The van der Waals surface area contributed by atoms with Crippen LogP contribution in [-0.2, 0) is 16.1 Å². The molecule has 18 heavy (non-hydrogen) atoms. The lowest BCUT2D eigenvalue weighted by Crippen LogP contribution is -2.45. The van der Waals surface area contributed by atoms with Gasteiger partial charge in [-0.15, -0.1) is 5.10 Å². The minimum Gasteiger partial charge on any atom is -0.407 e. The van der Waals surface area contributed by atoms with Gasteiger partial charge >= 0.3 is 6.01 Å². The quantitative estimate of drug-likeness (QED) is 0.537. The molecule has 0 unspecified atom stereocenters. The van der Waals surface area contributed by atoms with Gasteiger partial charge in [-0.2, -0.15) is 0 Å². The maximum Gasteiger partial charge on any atom is 0.316 e. The van der Waals surface area contributed by atoms with E-state index in [9.17, 15) is 4.79 Å². The average molecular weight is 257 g/mol. The summed E-state index contributed by atoms with van der Waals surface area (Å²) >= 11 is 0. The van der Waals surface area contributed by atoms with Crippen molar-refractivity contribution in [2.24, 2.45) is 5.73 Å². The Morgan fingerprint density at radius 2 is 2.22 bits per heavy atom. The smallest absolute Gasteiger partial charge is 0.316 e. The van der Waals surface area contributed by atoms with Crippen LogP contribution in [0.2, 0.25) is 0 Å². The molecule has 0 fully saturated rings. The predicted molar refractivity (Wildman–Crippen MR) is 64.8 cm³/mol. The van der Waals surface area contributed by atoms with Gasteiger partial charge in [-0.05, 0) is 13.8 Å². The highest BCUT2D eigenvalue weighted by Gasteiger charge is 2.26. The van der Waals surface area contributed by atoms with Crippen LogP contribution in [0.5, 0.6) is 0 Å². The molecule has 1 amide bonds. The Morgan fingerprint density at radius 3 is 2.83 bits per heavy atom. The third-order valence-corrected chi connectivity index (χ3v) is 2.26. The molecule has 0 aliphatic rings. The molecule has 1 rings (SSSR count). The van der Waals surface area contributed by atoms with Crippen molar-refractivity contribution in [3.05, 3.63) is 5.89 Å². The van der Waals surface area contributed by atoms with Crippen LogP contribution in [0.25, 0.3) is 0 Å². The largest absolute Gasteiger partial charge is 0.407 e. The Kier molecular flexibility index (Phi) is 5.05. The van der Waals surface area contributed by atoms with Crippen molar-refractivity contribution in [2.45, 2.75) is 25.9 Å². The van der Waals surface area contributed by atoms with Gasteiger partial charge in [-0.25, -0.2) is 0 Å². The second-order valence-electron chi connectivity index (χ2n) is 4.28. The molecule has 0 aliphatic heterocycles. The summed E-state index contributed by atoms with van der Waals surface area (Å²) in [7, 11) is 1.63. The Morgan fingerprint density at radius 1 is 1.50 bits per heavy atom. The molecule has 1 aromatic rings. The number of hydrogen-bond donors (Lipinski definition) is 3. The number of nitrogens with one attached hydrogen (secondary N) is 2. The van der Waals surface area contributed by atoms with E-state index in [1.54, 1.807) is 21.0 Å². The van der Waals surface area contributed by atoms with E-state index >= 15 is 0 Å². The summed E-state index contributed by atoms with van der Waals surface area (Å²) in [6.07, 6.45) is 0. The summed E-state index contributed by atoms with van der Waals surface area (Å²) in [5.74, 6) is -0.0747. The number of amides is 1. The first kappa shape index (κ1) is 14.4. The summed E-state index contributed by atoms with van der Waals surface area (Å²) in [5.41, 5.74) is 4.28. The third kappa shape index (κ3) is 4.30. The molecule has 0 aliphatic carbocycles. The fraction of sp³-hybridized carbons (Fsp3) is 0.700. The highest BCUT2D eigenvalue weighted by atomic mass is 16.5. The van der Waals surface area contributed by atoms with Crippen molar-refractivity contribution in [1.29, 1.82) is 0 Å². The van der Waals surface area contributed by atoms with Gasteiger partial charge in [-0.3, -0.25) is 4.79 Å². The maximum absolute atomic E-state index is 11.1. The monoisotopic (exact) mass is 257 g/mol. The highest BCUT2D eigenvalue weighted by molar-refractivity contribution is 5.86. The predicted octanol–water partition coefficient (Wildman–Crippen LogP) is -0.519. The van der Waals surface area contributed by atoms with Crippen molar-refractivity contribution < 1.29 is 13.9 Å². The minimum absolute atomic E-state index is 0.169. The molecule has 0 atom stereocenters. The fourth-order valence-corrected chi connectivity index (χ4v) is 1.07. The van der Waals surface area contributed by atoms with E-state index in [1.807, 2.05) is 0 Å². The van der Waals surface area contributed by atoms with Crippen molar-refractivity contribution >= 4 is 11.9 Å². The third-order valence-electron chi connectivity index (χ3n) is 2.26. The van der Waals surface area contributed by atoms with E-state index in [2.05, 4.69) is 20.8 Å². The van der Waals surface area contributed by atoms with Crippen LogP contribution < -0.4 is 16.4 Å². The maximum atomic E-state index is 11.1. The Balaban J connectivity index is 2.46. The number of anilines is 1. The molecule has 8 nitrogen and oxygen atoms in total. The molecular weight excluding hydrogens is 238 g/mol. The van der Waals surface area contributed by atoms with E-state index in [0.29, 0.717) is 25.6 Å². The summed E-state index contributed by atoms with van der Waals surface area (Å²) in [5, 5.41) is 13.4. The number of primary amides is 1. The lowest BCUT2D eigenvalue weighted by Gasteiger charge is -2.20. The number of carbonyl (C=O) groups excluding carboxylic acids is 1. The first-order valence-corrected chi connectivity index (χ1v) is 5.56. The van der Waals surface area contributed by atoms with Gasteiger partial charge in [0.1, 0.15) is 5.54 Å². The molecule has 8 heteroatoms. The number of hydrogen-bond acceptors (Lipinski definition) is 7. The van der Waals surface area contributed by atoms with E-state index in [4.69, 9.17) is 14.9 Å². The lowest BCUT2D eigenvalue weighted by atomic mass is 10.1. The number of aromatic nitrogens is 2. The van der Waals surface area contributed by atoms with Crippen molar-refractivity contribution in [3.8, 4) is 0 Å². The number of rotatable bonds is 8. The number of nitrogens with zero attached hydrogens (tertiary/aromatic N) is 2. The molecule has 1 aromatic heterocycles. The number of nitrogens with two attached hydrogens (primary N) is 1. The molecule has 4 N–H and O–H groups in total. The normalized spacial score (nSPS) is 11.5. The van der Waals surface area contributed by atoms with Gasteiger partial charge < -0.3 is 25.5 Å². The molecule has 0 bridgehead atoms. The van der Waals surface area contributed by atoms with Crippen LogP contribution in [0.15, 0.2) is 4.42 Å². The highest BCUT2D eigenvalue weighted by Crippen LogP contribution is 2.13. The van der Waals surface area contributed by atoms with Gasteiger partial charge in [0.15, 0.2) is 0 Å². The Bertz CT molecular complexity index is 391. The number of ether oxygens (including phenoxy) is 1. The summed E-state index contributed by atoms with van der Waals surface area (Å²) in [6.45, 7) is 5.00. The first-order valence-electron chi connectivity index (χ1n) is 5.56. The van der Waals surface area contributed by atoms with Gasteiger partial charge in [-0.1, -0.05) is 5.10 Å². The Labute approximate surface area is 105 Å². The van der Waals surface area contributed by atoms with Crippen LogP contribution in [0.4, 0.5) is 6.01 Å². The zero-order valence-corrected chi connectivity index (χ0v) is 10.8. The fourth-order valence-electron chi connectivity index (χ4n) is 1.07. The van der Waals surface area contributed by atoms with Gasteiger partial charge in [0.2, 0.25) is 11.8 Å². The van der Waals surface area contributed by atoms with E-state index in [0.717, 1.165) is 0 Å². The summed E-state index contributed by atoms with van der Waals surface area (Å²) < 4.78 is 10.2. The van der Waals surface area contributed by atoms with Gasteiger partial charge in [0, 0.05) is 13.7 Å². The molecular formula is C10H19N5O3. The SMILES string of the molecule is COCCNCc1nnc(NC(C)(C)C(N)=O)o1. The summed E-state index contributed by atoms with van der Waals surface area (Å²) in [4.78, 5) is 11.1. The molecule has 0 spiro atoms. The van der Waals surface area contributed by atoms with Crippen LogP contribution in [0.3, 0.4) is 0 Å². The average Bonchev–Trinajstić information content (AvgIpc) is 2.71. The van der Waals surface area contributed by atoms with E-state index in [-0.39, 0.29) is 6.01 Å². The summed E-state index contributed by atoms with van der Waals surface area (Å²) in [6, 6.07) is 0.169. The standard InChI is InChI=1S/C10H19N5O3/c1-10(2,8(11)16)13-9-15-14-7(18-9)6-12-4-5-17-3/h12H,4-6H2,1-3H3,(H2,11,16)(H,13,15). The molecule has 102 valence electrons. The van der Waals surface area contributed by atoms with Crippen LogP contribution >= 0.6 is 0 Å². The Hall–Kier alpha value is -1.67. The van der Waals surface area contributed by atoms with Crippen LogP contribution in [0.1, 0.15) is 19.7 Å². The topological polar surface area (TPSA) is 115 Å². The zero-order valence-electron chi connectivity index (χ0n) is 10.8. The first-order chi connectivity index (χ1) is 8.45. The number of methoxy groups -OCH3 is 1. The van der Waals surface area contributed by atoms with Gasteiger partial charge in [0.25, 0.3) is 0 Å². The molecule has 0 radical (unpaired) electrons. The molecule has 0 aromatic carbocycles. The van der Waals surface area contributed by atoms with E-state index in [1.165, 1.54) is 0 Å². The lowest BCUT2D eigenvalue weighted by molar-refractivity contribution is -0.121.